The van der Waals surface area contributed by atoms with Crippen LogP contribution in [0.25, 0.3) is 0 Å². The molecule has 106 valence electrons. The predicted octanol–water partition coefficient (Wildman–Crippen LogP) is 4.10. The number of hydrogen-bond donors (Lipinski definition) is 1. The van der Waals surface area contributed by atoms with Gasteiger partial charge in [-0.3, -0.25) is 0 Å². The van der Waals surface area contributed by atoms with Crippen molar-refractivity contribution in [2.24, 2.45) is 0 Å². The molecule has 2 aromatic rings. The van der Waals surface area contributed by atoms with Gasteiger partial charge in [0.15, 0.2) is 5.82 Å². The highest BCUT2D eigenvalue weighted by Crippen LogP contribution is 2.25. The predicted molar refractivity (Wildman–Crippen MR) is 81.2 cm³/mol. The second-order valence-electron chi connectivity index (χ2n) is 4.31. The summed E-state index contributed by atoms with van der Waals surface area (Å²) in [5.41, 5.74) is 0.997. The van der Waals surface area contributed by atoms with E-state index in [9.17, 15) is 0 Å². The molecule has 1 aromatic heterocycles. The maximum Gasteiger partial charge on any atom is 0.158 e. The van der Waals surface area contributed by atoms with E-state index >= 15 is 0 Å². The maximum atomic E-state index is 6.18. The third-order valence-electron chi connectivity index (χ3n) is 2.75. The van der Waals surface area contributed by atoms with Crippen molar-refractivity contribution in [3.05, 3.63) is 51.9 Å². The highest BCUT2D eigenvalue weighted by Gasteiger charge is 2.11. The number of methoxy groups -OCH3 is 1. The van der Waals surface area contributed by atoms with Gasteiger partial charge in [-0.1, -0.05) is 41.4 Å². The maximum absolute atomic E-state index is 6.18. The largest absolute Gasteiger partial charge is 0.377 e. The molecular weight excluding hydrogens is 297 g/mol. The van der Waals surface area contributed by atoms with Crippen LogP contribution in [-0.4, -0.2) is 17.1 Å². The molecule has 0 aliphatic carbocycles. The molecule has 0 amide bonds. The number of hydrogen-bond acceptors (Lipinski definition) is 4. The Kier molecular flexibility index (Phi) is 5.17. The Morgan fingerprint density at radius 2 is 2.00 bits per heavy atom. The number of nitrogens with one attached hydrogen (secondary N) is 1. The molecular formula is C14H15Cl2N3O. The first-order valence-corrected chi connectivity index (χ1v) is 6.89. The van der Waals surface area contributed by atoms with Gasteiger partial charge in [0.1, 0.15) is 17.6 Å². The van der Waals surface area contributed by atoms with Crippen molar-refractivity contribution in [2.45, 2.75) is 19.6 Å². The summed E-state index contributed by atoms with van der Waals surface area (Å²) >= 11 is 12.2. The average Bonchev–Trinajstić information content (AvgIpc) is 2.38. The van der Waals surface area contributed by atoms with E-state index in [2.05, 4.69) is 15.3 Å². The minimum absolute atomic E-state index is 0.00469. The van der Waals surface area contributed by atoms with Gasteiger partial charge in [-0.25, -0.2) is 9.97 Å². The molecule has 0 saturated heterocycles. The summed E-state index contributed by atoms with van der Waals surface area (Å²) in [6.45, 7) is 2.32. The van der Waals surface area contributed by atoms with E-state index in [0.29, 0.717) is 28.4 Å². The van der Waals surface area contributed by atoms with Crippen molar-refractivity contribution < 1.29 is 4.74 Å². The zero-order valence-corrected chi connectivity index (χ0v) is 12.7. The third-order valence-corrected chi connectivity index (χ3v) is 3.29. The number of benzene rings is 1. The molecule has 20 heavy (non-hydrogen) atoms. The van der Waals surface area contributed by atoms with E-state index in [0.717, 1.165) is 5.56 Å². The van der Waals surface area contributed by atoms with E-state index in [1.165, 1.54) is 0 Å². The zero-order chi connectivity index (χ0) is 14.5. The Morgan fingerprint density at radius 3 is 2.70 bits per heavy atom. The standard InChI is InChI=1S/C14H15Cl2N3O/c1-9(10-5-3-4-6-11(10)15)17-13-7-12(16)18-14(19-13)8-20-2/h3-7,9H,8H2,1-2H3,(H,17,18,19). The molecule has 0 radical (unpaired) electrons. The summed E-state index contributed by atoms with van der Waals surface area (Å²) in [7, 11) is 1.59. The van der Waals surface area contributed by atoms with Crippen molar-refractivity contribution in [2.75, 3.05) is 12.4 Å². The van der Waals surface area contributed by atoms with Gasteiger partial charge in [-0.05, 0) is 18.6 Å². The number of halogens is 2. The number of aromatic nitrogens is 2. The van der Waals surface area contributed by atoms with Gasteiger partial charge in [-0.2, -0.15) is 0 Å². The van der Waals surface area contributed by atoms with Crippen LogP contribution in [0.3, 0.4) is 0 Å². The van der Waals surface area contributed by atoms with Gasteiger partial charge in [0.25, 0.3) is 0 Å². The molecule has 6 heteroatoms. The Hall–Kier alpha value is -1.36. The van der Waals surface area contributed by atoms with Crippen LogP contribution in [0.2, 0.25) is 10.2 Å². The summed E-state index contributed by atoms with van der Waals surface area (Å²) < 4.78 is 5.01. The lowest BCUT2D eigenvalue weighted by Gasteiger charge is -2.16. The van der Waals surface area contributed by atoms with Crippen molar-refractivity contribution in [1.82, 2.24) is 9.97 Å². The lowest BCUT2D eigenvalue weighted by atomic mass is 10.1. The molecule has 0 aliphatic rings. The van der Waals surface area contributed by atoms with Crippen LogP contribution in [0.1, 0.15) is 24.4 Å². The quantitative estimate of drug-likeness (QED) is 0.844. The van der Waals surface area contributed by atoms with E-state index in [1.54, 1.807) is 13.2 Å². The number of ether oxygens (including phenoxy) is 1. The summed E-state index contributed by atoms with van der Waals surface area (Å²) in [4.78, 5) is 8.43. The molecule has 0 bridgehead atoms. The molecule has 0 saturated carbocycles. The lowest BCUT2D eigenvalue weighted by molar-refractivity contribution is 0.178. The van der Waals surface area contributed by atoms with Crippen molar-refractivity contribution in [1.29, 1.82) is 0 Å². The first-order chi connectivity index (χ1) is 9.60. The first-order valence-electron chi connectivity index (χ1n) is 6.13. The summed E-state index contributed by atoms with van der Waals surface area (Å²) in [5, 5.41) is 4.35. The van der Waals surface area contributed by atoms with Gasteiger partial charge >= 0.3 is 0 Å². The van der Waals surface area contributed by atoms with Gasteiger partial charge < -0.3 is 10.1 Å². The van der Waals surface area contributed by atoms with Crippen LogP contribution >= 0.6 is 23.2 Å². The van der Waals surface area contributed by atoms with Gasteiger partial charge in [0, 0.05) is 18.2 Å². The molecule has 1 unspecified atom stereocenters. The van der Waals surface area contributed by atoms with Crippen LogP contribution in [0.4, 0.5) is 5.82 Å². The molecule has 1 N–H and O–H groups in total. The Balaban J connectivity index is 2.19. The summed E-state index contributed by atoms with van der Waals surface area (Å²) in [5.74, 6) is 1.18. The van der Waals surface area contributed by atoms with Gasteiger partial charge in [0.2, 0.25) is 0 Å². The molecule has 4 nitrogen and oxygen atoms in total. The van der Waals surface area contributed by atoms with Gasteiger partial charge in [0.05, 0.1) is 6.04 Å². The molecule has 1 atom stereocenters. The highest BCUT2D eigenvalue weighted by atomic mass is 35.5. The summed E-state index contributed by atoms with van der Waals surface area (Å²) in [6, 6.07) is 9.36. The van der Waals surface area contributed by atoms with Crippen molar-refractivity contribution in [3.8, 4) is 0 Å². The second-order valence-corrected chi connectivity index (χ2v) is 5.11. The SMILES string of the molecule is COCc1nc(Cl)cc(NC(C)c2ccccc2Cl)n1. The fraction of sp³-hybridized carbons (Fsp3) is 0.286. The van der Waals surface area contributed by atoms with E-state index in [4.69, 9.17) is 27.9 Å². The zero-order valence-electron chi connectivity index (χ0n) is 11.2. The lowest BCUT2D eigenvalue weighted by Crippen LogP contribution is -2.10. The minimum Gasteiger partial charge on any atom is -0.377 e. The molecule has 0 spiro atoms. The van der Waals surface area contributed by atoms with E-state index in [1.807, 2.05) is 31.2 Å². The topological polar surface area (TPSA) is 47.0 Å². The smallest absolute Gasteiger partial charge is 0.158 e. The monoisotopic (exact) mass is 311 g/mol. The van der Waals surface area contributed by atoms with Crippen LogP contribution < -0.4 is 5.32 Å². The molecule has 1 aromatic carbocycles. The highest BCUT2D eigenvalue weighted by molar-refractivity contribution is 6.31. The average molecular weight is 312 g/mol. The van der Waals surface area contributed by atoms with Crippen LogP contribution in [0.5, 0.6) is 0 Å². The number of rotatable bonds is 5. The molecule has 2 rings (SSSR count). The van der Waals surface area contributed by atoms with Crippen molar-refractivity contribution >= 4 is 29.0 Å². The molecule has 0 aliphatic heterocycles. The minimum atomic E-state index is 0.00469. The number of anilines is 1. The third kappa shape index (κ3) is 3.82. The summed E-state index contributed by atoms with van der Waals surface area (Å²) in [6.07, 6.45) is 0. The molecule has 0 fully saturated rings. The normalized spacial score (nSPS) is 12.2. The van der Waals surface area contributed by atoms with Gasteiger partial charge in [-0.15, -0.1) is 0 Å². The fourth-order valence-electron chi connectivity index (χ4n) is 1.86. The van der Waals surface area contributed by atoms with Crippen LogP contribution in [-0.2, 0) is 11.3 Å². The Morgan fingerprint density at radius 1 is 1.25 bits per heavy atom. The second kappa shape index (κ2) is 6.88. The fourth-order valence-corrected chi connectivity index (χ4v) is 2.36. The Labute approximate surface area is 128 Å². The van der Waals surface area contributed by atoms with Crippen molar-refractivity contribution in [3.63, 3.8) is 0 Å². The van der Waals surface area contributed by atoms with E-state index in [-0.39, 0.29) is 6.04 Å². The number of nitrogens with zero attached hydrogens (tertiary/aromatic N) is 2. The Bertz CT molecular complexity index is 592. The molecule has 1 heterocycles. The van der Waals surface area contributed by atoms with Crippen LogP contribution in [0, 0.1) is 0 Å². The first kappa shape index (κ1) is 15.0. The van der Waals surface area contributed by atoms with Crippen LogP contribution in [0.15, 0.2) is 30.3 Å². The van der Waals surface area contributed by atoms with E-state index < -0.39 is 0 Å².